The molecule has 1 fully saturated rings. The van der Waals surface area contributed by atoms with Gasteiger partial charge in [0.2, 0.25) is 0 Å². The third-order valence-electron chi connectivity index (χ3n) is 3.42. The molecule has 0 atom stereocenters. The van der Waals surface area contributed by atoms with E-state index in [0.717, 1.165) is 28.5 Å². The number of rotatable bonds is 5. The Balaban J connectivity index is 2.02. The summed E-state index contributed by atoms with van der Waals surface area (Å²) in [5.41, 5.74) is 0.865. The van der Waals surface area contributed by atoms with Gasteiger partial charge in [-0.3, -0.25) is 4.79 Å². The van der Waals surface area contributed by atoms with E-state index in [-0.39, 0.29) is 5.91 Å². The number of ether oxygens (including phenoxy) is 1. The maximum Gasteiger partial charge on any atom is 0.259 e. The molecule has 0 radical (unpaired) electrons. The number of benzene rings is 2. The highest BCUT2D eigenvalue weighted by molar-refractivity contribution is 8.23. The van der Waals surface area contributed by atoms with Crippen molar-refractivity contribution >= 4 is 51.2 Å². The van der Waals surface area contributed by atoms with Gasteiger partial charge in [-0.15, -0.1) is 0 Å². The molecule has 118 valence electrons. The van der Waals surface area contributed by atoms with Gasteiger partial charge in [0.15, 0.2) is 4.32 Å². The SMILES string of the molecule is CCCOc1ccc2ccccc2c1/C=N/N1C(=O)CSC1=S. The highest BCUT2D eigenvalue weighted by atomic mass is 32.2. The van der Waals surface area contributed by atoms with Gasteiger partial charge in [-0.1, -0.05) is 61.2 Å². The fraction of sp³-hybridized carbons (Fsp3) is 0.235. The summed E-state index contributed by atoms with van der Waals surface area (Å²) in [5.74, 6) is 1.03. The fourth-order valence-corrected chi connectivity index (χ4v) is 3.29. The summed E-state index contributed by atoms with van der Waals surface area (Å²) in [6, 6.07) is 12.0. The van der Waals surface area contributed by atoms with Gasteiger partial charge in [0.1, 0.15) is 5.75 Å². The molecule has 1 saturated heterocycles. The maximum absolute atomic E-state index is 11.8. The van der Waals surface area contributed by atoms with Gasteiger partial charge in [0.25, 0.3) is 5.91 Å². The summed E-state index contributed by atoms with van der Waals surface area (Å²) in [4.78, 5) is 11.8. The molecule has 2 aromatic carbocycles. The molecule has 4 nitrogen and oxygen atoms in total. The molecule has 3 rings (SSSR count). The van der Waals surface area contributed by atoms with Gasteiger partial charge >= 0.3 is 0 Å². The Hall–Kier alpha value is -1.92. The largest absolute Gasteiger partial charge is 0.493 e. The van der Waals surface area contributed by atoms with Gasteiger partial charge in [0.05, 0.1) is 18.6 Å². The van der Waals surface area contributed by atoms with Gasteiger partial charge < -0.3 is 4.74 Å². The zero-order valence-electron chi connectivity index (χ0n) is 12.7. The molecule has 0 unspecified atom stereocenters. The molecule has 6 heteroatoms. The third-order valence-corrected chi connectivity index (χ3v) is 4.76. The van der Waals surface area contributed by atoms with E-state index in [4.69, 9.17) is 17.0 Å². The van der Waals surface area contributed by atoms with Crippen molar-refractivity contribution in [3.63, 3.8) is 0 Å². The van der Waals surface area contributed by atoms with E-state index in [1.54, 1.807) is 6.21 Å². The smallest absolute Gasteiger partial charge is 0.259 e. The zero-order chi connectivity index (χ0) is 16.2. The normalized spacial score (nSPS) is 15.1. The van der Waals surface area contributed by atoms with Crippen LogP contribution in [0.1, 0.15) is 18.9 Å². The molecule has 0 aromatic heterocycles. The summed E-state index contributed by atoms with van der Waals surface area (Å²) in [5, 5.41) is 7.71. The van der Waals surface area contributed by atoms with Gasteiger partial charge in [-0.05, 0) is 23.3 Å². The predicted molar refractivity (Wildman–Crippen MR) is 99.2 cm³/mol. The van der Waals surface area contributed by atoms with Crippen molar-refractivity contribution in [3.8, 4) is 5.75 Å². The molecule has 1 aliphatic heterocycles. The standard InChI is InChI=1S/C17H16N2O2S2/c1-2-9-21-15-8-7-12-5-3-4-6-13(12)14(15)10-18-19-16(20)11-23-17(19)22/h3-8,10H,2,9,11H2,1H3/b18-10+. The lowest BCUT2D eigenvalue weighted by Crippen LogP contribution is -2.22. The third kappa shape index (κ3) is 3.38. The van der Waals surface area contributed by atoms with Crippen LogP contribution in [0.15, 0.2) is 41.5 Å². The molecular weight excluding hydrogens is 328 g/mol. The van der Waals surface area contributed by atoms with Crippen LogP contribution in [-0.4, -0.2) is 33.8 Å². The average molecular weight is 344 g/mol. The highest BCUT2D eigenvalue weighted by Gasteiger charge is 2.26. The van der Waals surface area contributed by atoms with Crippen LogP contribution in [0.4, 0.5) is 0 Å². The monoisotopic (exact) mass is 344 g/mol. The summed E-state index contributed by atoms with van der Waals surface area (Å²) in [6.07, 6.45) is 2.60. The van der Waals surface area contributed by atoms with Gasteiger partial charge in [-0.25, -0.2) is 0 Å². The van der Waals surface area contributed by atoms with E-state index in [2.05, 4.69) is 12.0 Å². The summed E-state index contributed by atoms with van der Waals surface area (Å²) in [7, 11) is 0. The second kappa shape index (κ2) is 7.10. The first-order valence-corrected chi connectivity index (χ1v) is 8.78. The van der Waals surface area contributed by atoms with Crippen molar-refractivity contribution in [1.29, 1.82) is 0 Å². The Kier molecular flexibility index (Phi) is 4.93. The quantitative estimate of drug-likeness (QED) is 0.611. The van der Waals surface area contributed by atoms with Gasteiger partial charge in [-0.2, -0.15) is 10.1 Å². The van der Waals surface area contributed by atoms with Crippen LogP contribution in [0.25, 0.3) is 10.8 Å². The van der Waals surface area contributed by atoms with Crippen LogP contribution in [0, 0.1) is 0 Å². The number of thiocarbonyl (C=S) groups is 1. The fourth-order valence-electron chi connectivity index (χ4n) is 2.32. The molecule has 1 heterocycles. The van der Waals surface area contributed by atoms with Crippen molar-refractivity contribution in [2.75, 3.05) is 12.4 Å². The number of hydrogen-bond acceptors (Lipinski definition) is 5. The lowest BCUT2D eigenvalue weighted by Gasteiger charge is -2.12. The molecule has 0 aliphatic carbocycles. The summed E-state index contributed by atoms with van der Waals surface area (Å²) in [6.45, 7) is 2.70. The van der Waals surface area contributed by atoms with E-state index in [1.807, 2.05) is 36.4 Å². The molecule has 1 aliphatic rings. The Labute approximate surface area is 144 Å². The van der Waals surface area contributed by atoms with Crippen molar-refractivity contribution in [3.05, 3.63) is 42.0 Å². The van der Waals surface area contributed by atoms with Crippen molar-refractivity contribution in [1.82, 2.24) is 5.01 Å². The maximum atomic E-state index is 11.8. The highest BCUT2D eigenvalue weighted by Crippen LogP contribution is 2.27. The molecule has 0 saturated carbocycles. The van der Waals surface area contributed by atoms with Crippen molar-refractivity contribution in [2.24, 2.45) is 5.10 Å². The minimum absolute atomic E-state index is 0.0903. The minimum Gasteiger partial charge on any atom is -0.493 e. The van der Waals surface area contributed by atoms with E-state index < -0.39 is 0 Å². The number of hydrogen-bond donors (Lipinski definition) is 0. The number of hydrazone groups is 1. The summed E-state index contributed by atoms with van der Waals surface area (Å²) >= 11 is 6.49. The first kappa shape index (κ1) is 16.0. The molecule has 1 amide bonds. The lowest BCUT2D eigenvalue weighted by atomic mass is 10.0. The van der Waals surface area contributed by atoms with Crippen LogP contribution in [0.3, 0.4) is 0 Å². The summed E-state index contributed by atoms with van der Waals surface area (Å²) < 4.78 is 6.32. The molecule has 23 heavy (non-hydrogen) atoms. The first-order chi connectivity index (χ1) is 11.2. The number of carbonyl (C=O) groups excluding carboxylic acids is 1. The number of amides is 1. The molecule has 0 spiro atoms. The number of nitrogens with zero attached hydrogens (tertiary/aromatic N) is 2. The van der Waals surface area contributed by atoms with Crippen LogP contribution in [0.5, 0.6) is 5.75 Å². The van der Waals surface area contributed by atoms with E-state index in [0.29, 0.717) is 16.7 Å². The van der Waals surface area contributed by atoms with Crippen LogP contribution in [-0.2, 0) is 4.79 Å². The van der Waals surface area contributed by atoms with Crippen LogP contribution >= 0.6 is 24.0 Å². The molecular formula is C17H16N2O2S2. The Morgan fingerprint density at radius 3 is 2.91 bits per heavy atom. The number of fused-ring (bicyclic) bond motifs is 1. The topological polar surface area (TPSA) is 41.9 Å². The lowest BCUT2D eigenvalue weighted by molar-refractivity contribution is -0.123. The van der Waals surface area contributed by atoms with Crippen LogP contribution in [0.2, 0.25) is 0 Å². The van der Waals surface area contributed by atoms with Crippen molar-refractivity contribution < 1.29 is 9.53 Å². The minimum atomic E-state index is -0.0903. The first-order valence-electron chi connectivity index (χ1n) is 7.39. The zero-order valence-corrected chi connectivity index (χ0v) is 14.3. The number of thioether (sulfide) groups is 1. The second-order valence-corrected chi connectivity index (χ2v) is 6.66. The molecule has 0 bridgehead atoms. The van der Waals surface area contributed by atoms with Crippen molar-refractivity contribution in [2.45, 2.75) is 13.3 Å². The van der Waals surface area contributed by atoms with Gasteiger partial charge in [0, 0.05) is 5.56 Å². The van der Waals surface area contributed by atoms with E-state index >= 15 is 0 Å². The predicted octanol–water partition coefficient (Wildman–Crippen LogP) is 3.82. The second-order valence-electron chi connectivity index (χ2n) is 5.05. The molecule has 2 aromatic rings. The Bertz CT molecular complexity index is 773. The number of carbonyl (C=O) groups is 1. The van der Waals surface area contributed by atoms with E-state index in [1.165, 1.54) is 16.8 Å². The van der Waals surface area contributed by atoms with Crippen LogP contribution < -0.4 is 4.74 Å². The van der Waals surface area contributed by atoms with E-state index in [9.17, 15) is 4.79 Å². The molecule has 0 N–H and O–H groups in total. The Morgan fingerprint density at radius 1 is 1.35 bits per heavy atom. The Morgan fingerprint density at radius 2 is 2.17 bits per heavy atom. The average Bonchev–Trinajstić information content (AvgIpc) is 2.89.